The van der Waals surface area contributed by atoms with Crippen LogP contribution in [0.2, 0.25) is 0 Å². The summed E-state index contributed by atoms with van der Waals surface area (Å²) in [6, 6.07) is 4.80. The highest BCUT2D eigenvalue weighted by atomic mass is 16.4. The molecule has 1 amide bonds. The molecule has 0 bridgehead atoms. The molecular formula is C14H19NO4. The number of aryl methyl sites for hydroxylation is 1. The molecule has 0 aliphatic carbocycles. The lowest BCUT2D eigenvalue weighted by Crippen LogP contribution is -2.43. The molecule has 5 heteroatoms. The van der Waals surface area contributed by atoms with Crippen LogP contribution >= 0.6 is 0 Å². The zero-order valence-corrected chi connectivity index (χ0v) is 11.4. The first-order valence-electron chi connectivity index (χ1n) is 6.05. The summed E-state index contributed by atoms with van der Waals surface area (Å²) in [7, 11) is 0. The lowest BCUT2D eigenvalue weighted by molar-refractivity contribution is -0.137. The van der Waals surface area contributed by atoms with Crippen LogP contribution in [0.4, 0.5) is 0 Å². The minimum atomic E-state index is -0.902. The molecule has 0 saturated heterocycles. The van der Waals surface area contributed by atoms with Crippen LogP contribution in [0.25, 0.3) is 0 Å². The Labute approximate surface area is 112 Å². The molecule has 104 valence electrons. The maximum atomic E-state index is 12.0. The molecule has 0 atom stereocenters. The van der Waals surface area contributed by atoms with Gasteiger partial charge in [-0.05, 0) is 44.9 Å². The lowest BCUT2D eigenvalue weighted by Gasteiger charge is -2.25. The first kappa shape index (κ1) is 15.0. The third-order valence-corrected chi connectivity index (χ3v) is 2.81. The van der Waals surface area contributed by atoms with Crippen molar-refractivity contribution in [2.75, 3.05) is 0 Å². The average Bonchev–Trinajstić information content (AvgIpc) is 2.25. The number of carboxylic acids is 1. The quantitative estimate of drug-likeness (QED) is 0.760. The summed E-state index contributed by atoms with van der Waals surface area (Å²) in [6.07, 6.45) is 0.299. The number of phenolic OH excluding ortho intramolecular Hbond substituents is 1. The van der Waals surface area contributed by atoms with Crippen molar-refractivity contribution in [2.45, 2.75) is 39.2 Å². The maximum absolute atomic E-state index is 12.0. The van der Waals surface area contributed by atoms with Crippen molar-refractivity contribution in [3.8, 4) is 5.75 Å². The van der Waals surface area contributed by atoms with Crippen LogP contribution in [0.1, 0.15) is 42.6 Å². The Morgan fingerprint density at radius 2 is 1.95 bits per heavy atom. The summed E-state index contributed by atoms with van der Waals surface area (Å²) in [5.41, 5.74) is 0.403. The summed E-state index contributed by atoms with van der Waals surface area (Å²) in [4.78, 5) is 22.6. The predicted molar refractivity (Wildman–Crippen MR) is 71.3 cm³/mol. The molecule has 0 spiro atoms. The second kappa shape index (κ2) is 5.73. The van der Waals surface area contributed by atoms with Gasteiger partial charge < -0.3 is 15.5 Å². The van der Waals surface area contributed by atoms with E-state index in [1.165, 1.54) is 6.07 Å². The standard InChI is InChI=1S/C14H19NO4/c1-9-4-5-10(11(16)8-9)13(19)15-14(2,3)7-6-12(17)18/h4-5,8,16H,6-7H2,1-3H3,(H,15,19)(H,17,18). The number of hydrogen-bond donors (Lipinski definition) is 3. The van der Waals surface area contributed by atoms with Gasteiger partial charge in [-0.15, -0.1) is 0 Å². The van der Waals surface area contributed by atoms with Gasteiger partial charge in [0.25, 0.3) is 5.91 Å². The van der Waals surface area contributed by atoms with Crippen molar-refractivity contribution in [1.82, 2.24) is 5.32 Å². The van der Waals surface area contributed by atoms with Gasteiger partial charge in [-0.3, -0.25) is 9.59 Å². The number of carbonyl (C=O) groups is 2. The Morgan fingerprint density at radius 1 is 1.32 bits per heavy atom. The second-order valence-corrected chi connectivity index (χ2v) is 5.25. The van der Waals surface area contributed by atoms with E-state index in [2.05, 4.69) is 5.32 Å². The number of nitrogens with one attached hydrogen (secondary N) is 1. The highest BCUT2D eigenvalue weighted by Gasteiger charge is 2.23. The van der Waals surface area contributed by atoms with E-state index in [0.29, 0.717) is 6.42 Å². The molecule has 0 saturated carbocycles. The molecule has 0 fully saturated rings. The van der Waals surface area contributed by atoms with Crippen LogP contribution in [0.5, 0.6) is 5.75 Å². The van der Waals surface area contributed by atoms with Crippen LogP contribution in [0.3, 0.4) is 0 Å². The third kappa shape index (κ3) is 4.62. The smallest absolute Gasteiger partial charge is 0.303 e. The third-order valence-electron chi connectivity index (χ3n) is 2.81. The fraction of sp³-hybridized carbons (Fsp3) is 0.429. The Balaban J connectivity index is 2.75. The topological polar surface area (TPSA) is 86.6 Å². The van der Waals surface area contributed by atoms with E-state index in [1.54, 1.807) is 26.0 Å². The Bertz CT molecular complexity index is 494. The van der Waals surface area contributed by atoms with Crippen LogP contribution < -0.4 is 5.32 Å². The van der Waals surface area contributed by atoms with Crippen molar-refractivity contribution in [3.63, 3.8) is 0 Å². The van der Waals surface area contributed by atoms with Gasteiger partial charge in [0.2, 0.25) is 0 Å². The zero-order chi connectivity index (χ0) is 14.6. The van der Waals surface area contributed by atoms with Crippen LogP contribution in [0.15, 0.2) is 18.2 Å². The number of amides is 1. The number of aromatic hydroxyl groups is 1. The van der Waals surface area contributed by atoms with Crippen LogP contribution in [0, 0.1) is 6.92 Å². The Kier molecular flexibility index (Phi) is 4.53. The fourth-order valence-electron chi connectivity index (χ4n) is 1.69. The fourth-order valence-corrected chi connectivity index (χ4v) is 1.69. The molecule has 0 aliphatic heterocycles. The summed E-state index contributed by atoms with van der Waals surface area (Å²) in [5.74, 6) is -1.39. The Hall–Kier alpha value is -2.04. The number of aliphatic carboxylic acids is 1. The highest BCUT2D eigenvalue weighted by Crippen LogP contribution is 2.20. The van der Waals surface area contributed by atoms with Crippen molar-refractivity contribution < 1.29 is 19.8 Å². The van der Waals surface area contributed by atoms with Gasteiger partial charge in [-0.25, -0.2) is 0 Å². The van der Waals surface area contributed by atoms with Gasteiger partial charge in [0.1, 0.15) is 5.75 Å². The monoisotopic (exact) mass is 265 g/mol. The molecule has 19 heavy (non-hydrogen) atoms. The van der Waals surface area contributed by atoms with Crippen molar-refractivity contribution in [2.24, 2.45) is 0 Å². The zero-order valence-electron chi connectivity index (χ0n) is 11.4. The number of phenols is 1. The van der Waals surface area contributed by atoms with E-state index < -0.39 is 17.4 Å². The summed E-state index contributed by atoms with van der Waals surface area (Å²) in [6.45, 7) is 5.32. The van der Waals surface area contributed by atoms with Gasteiger partial charge in [0.05, 0.1) is 5.56 Å². The largest absolute Gasteiger partial charge is 0.507 e. The number of hydrogen-bond acceptors (Lipinski definition) is 3. The van der Waals surface area contributed by atoms with Crippen LogP contribution in [-0.4, -0.2) is 27.6 Å². The molecular weight excluding hydrogens is 246 g/mol. The first-order valence-corrected chi connectivity index (χ1v) is 6.05. The molecule has 0 unspecified atom stereocenters. The molecule has 0 aromatic heterocycles. The van der Waals surface area contributed by atoms with Gasteiger partial charge in [-0.2, -0.15) is 0 Å². The summed E-state index contributed by atoms with van der Waals surface area (Å²) in [5, 5.41) is 21.1. The van der Waals surface area contributed by atoms with Gasteiger partial charge >= 0.3 is 5.97 Å². The number of carboxylic acid groups (broad SMARTS) is 1. The predicted octanol–water partition coefficient (Wildman–Crippen LogP) is 2.07. The molecule has 0 heterocycles. The second-order valence-electron chi connectivity index (χ2n) is 5.25. The minimum Gasteiger partial charge on any atom is -0.507 e. The van der Waals surface area contributed by atoms with Crippen LogP contribution in [-0.2, 0) is 4.79 Å². The number of benzene rings is 1. The van der Waals surface area contributed by atoms with Crippen molar-refractivity contribution >= 4 is 11.9 Å². The SMILES string of the molecule is Cc1ccc(C(=O)NC(C)(C)CCC(=O)O)c(O)c1. The van der Waals surface area contributed by atoms with E-state index in [1.807, 2.05) is 6.92 Å². The lowest BCUT2D eigenvalue weighted by atomic mass is 9.97. The van der Waals surface area contributed by atoms with Gasteiger partial charge in [0.15, 0.2) is 0 Å². The van der Waals surface area contributed by atoms with Crippen molar-refractivity contribution in [1.29, 1.82) is 0 Å². The first-order chi connectivity index (χ1) is 8.71. The van der Waals surface area contributed by atoms with Gasteiger partial charge in [0, 0.05) is 12.0 Å². The molecule has 1 rings (SSSR count). The molecule has 3 N–H and O–H groups in total. The van der Waals surface area contributed by atoms with E-state index in [4.69, 9.17) is 5.11 Å². The van der Waals surface area contributed by atoms with Gasteiger partial charge in [-0.1, -0.05) is 6.07 Å². The van der Waals surface area contributed by atoms with E-state index in [9.17, 15) is 14.7 Å². The maximum Gasteiger partial charge on any atom is 0.303 e. The minimum absolute atomic E-state index is 0.0207. The molecule has 1 aromatic rings. The van der Waals surface area contributed by atoms with E-state index >= 15 is 0 Å². The molecule has 5 nitrogen and oxygen atoms in total. The number of rotatable bonds is 5. The molecule has 1 aromatic carbocycles. The average molecular weight is 265 g/mol. The summed E-state index contributed by atoms with van der Waals surface area (Å²) < 4.78 is 0. The molecule has 0 radical (unpaired) electrons. The highest BCUT2D eigenvalue weighted by molar-refractivity contribution is 5.97. The summed E-state index contributed by atoms with van der Waals surface area (Å²) >= 11 is 0. The molecule has 0 aliphatic rings. The number of carbonyl (C=O) groups excluding carboxylic acids is 1. The van der Waals surface area contributed by atoms with E-state index in [0.717, 1.165) is 5.56 Å². The Morgan fingerprint density at radius 3 is 2.47 bits per heavy atom. The van der Waals surface area contributed by atoms with E-state index in [-0.39, 0.29) is 17.7 Å². The van der Waals surface area contributed by atoms with Crippen molar-refractivity contribution in [3.05, 3.63) is 29.3 Å². The normalized spacial score (nSPS) is 11.1.